The summed E-state index contributed by atoms with van der Waals surface area (Å²) in [5.74, 6) is -1.23. The van der Waals surface area contributed by atoms with Crippen molar-refractivity contribution >= 4 is 23.0 Å². The van der Waals surface area contributed by atoms with Gasteiger partial charge < -0.3 is 5.11 Å². The zero-order valence-corrected chi connectivity index (χ0v) is 16.4. The Labute approximate surface area is 157 Å². The molecule has 0 unspecified atom stereocenters. The van der Waals surface area contributed by atoms with Gasteiger partial charge in [0.05, 0.1) is 22.1 Å². The lowest BCUT2D eigenvalue weighted by atomic mass is 9.60. The fraction of sp³-hybridized carbons (Fsp3) is 0.500. The first kappa shape index (κ1) is 20.9. The Morgan fingerprint density at radius 2 is 1.78 bits per heavy atom. The molecule has 0 aliphatic heterocycles. The van der Waals surface area contributed by atoms with Crippen molar-refractivity contribution in [2.75, 3.05) is 6.54 Å². The van der Waals surface area contributed by atoms with Gasteiger partial charge in [0, 0.05) is 17.8 Å². The molecule has 5 nitrogen and oxygen atoms in total. The van der Waals surface area contributed by atoms with Crippen LogP contribution < -0.4 is 0 Å². The number of carbonyl (C=O) groups is 2. The van der Waals surface area contributed by atoms with Crippen LogP contribution in [-0.4, -0.2) is 33.9 Å². The maximum absolute atomic E-state index is 13.1. The topological polar surface area (TPSA) is 79.6 Å². The minimum absolute atomic E-state index is 0.0545. The normalized spacial score (nSPS) is 22.5. The van der Waals surface area contributed by atoms with Crippen molar-refractivity contribution in [2.45, 2.75) is 48.0 Å². The predicted molar refractivity (Wildman–Crippen MR) is 99.0 cm³/mol. The molecule has 1 N–H and O–H groups in total. The Bertz CT molecular complexity index is 868. The molecule has 1 fully saturated rings. The second-order valence-corrected chi connectivity index (χ2v) is 7.62. The highest BCUT2D eigenvalue weighted by atomic mass is 19.3. The summed E-state index contributed by atoms with van der Waals surface area (Å²) in [5, 5.41) is 10.9. The molecule has 0 bridgehead atoms. The van der Waals surface area contributed by atoms with Gasteiger partial charge in [-0.05, 0) is 53.7 Å². The highest BCUT2D eigenvalue weighted by Gasteiger charge is 2.55. The van der Waals surface area contributed by atoms with Crippen molar-refractivity contribution in [3.63, 3.8) is 0 Å². The maximum Gasteiger partial charge on any atom is 0.280 e. The van der Waals surface area contributed by atoms with E-state index in [1.54, 1.807) is 20.8 Å². The molecule has 1 aliphatic rings. The standard InChI is InChI=1S/C20H24F2N2O3/c1-7-23-15-13(16(26)20(5,6)18(27)19(15,3)4)14(25)11-8-9-12(17(21)22)24-10(11)2/h8-9,17,25H,7H2,1-6H3/b14-13+,23-15?. The molecular formula is C20H24F2N2O3. The second-order valence-electron chi connectivity index (χ2n) is 7.62. The maximum atomic E-state index is 13.1. The number of aliphatic hydroxyl groups excluding tert-OH is 1. The molecule has 0 spiro atoms. The molecule has 1 heterocycles. The number of allylic oxidation sites excluding steroid dienone is 1. The van der Waals surface area contributed by atoms with E-state index < -0.39 is 34.5 Å². The average molecular weight is 378 g/mol. The molecular weight excluding hydrogens is 354 g/mol. The molecule has 0 radical (unpaired) electrons. The van der Waals surface area contributed by atoms with Gasteiger partial charge in [-0.1, -0.05) is 0 Å². The Morgan fingerprint density at radius 3 is 2.26 bits per heavy atom. The molecule has 0 aromatic carbocycles. The number of halogens is 2. The number of aromatic nitrogens is 1. The van der Waals surface area contributed by atoms with Gasteiger partial charge in [-0.2, -0.15) is 0 Å². The minimum atomic E-state index is -2.74. The third kappa shape index (κ3) is 3.31. The van der Waals surface area contributed by atoms with Crippen LogP contribution in [-0.2, 0) is 9.59 Å². The minimum Gasteiger partial charge on any atom is -0.506 e. The number of aliphatic hydroxyl groups is 1. The van der Waals surface area contributed by atoms with Gasteiger partial charge in [-0.15, -0.1) is 0 Å². The summed E-state index contributed by atoms with van der Waals surface area (Å²) in [4.78, 5) is 34.1. The van der Waals surface area contributed by atoms with Gasteiger partial charge in [0.15, 0.2) is 11.6 Å². The fourth-order valence-electron chi connectivity index (χ4n) is 3.47. The molecule has 0 atom stereocenters. The predicted octanol–water partition coefficient (Wildman–Crippen LogP) is 4.26. The van der Waals surface area contributed by atoms with Gasteiger partial charge in [-0.3, -0.25) is 19.6 Å². The van der Waals surface area contributed by atoms with Crippen molar-refractivity contribution < 1.29 is 23.5 Å². The number of aliphatic imine (C=N–C) groups is 1. The average Bonchev–Trinajstić information content (AvgIpc) is 2.58. The number of rotatable bonds is 3. The molecule has 1 aliphatic carbocycles. The fourth-order valence-corrected chi connectivity index (χ4v) is 3.47. The summed E-state index contributed by atoms with van der Waals surface area (Å²) in [5.41, 5.74) is -2.37. The molecule has 0 saturated heterocycles. The van der Waals surface area contributed by atoms with Gasteiger partial charge in [0.25, 0.3) is 6.43 Å². The first-order chi connectivity index (χ1) is 12.4. The van der Waals surface area contributed by atoms with Crippen LogP contribution in [0.25, 0.3) is 5.76 Å². The molecule has 146 valence electrons. The number of Topliss-reactive ketones (excluding diaryl/α,β-unsaturated/α-hetero) is 2. The number of alkyl halides is 2. The van der Waals surface area contributed by atoms with E-state index in [4.69, 9.17) is 0 Å². The lowest BCUT2D eigenvalue weighted by Crippen LogP contribution is -2.54. The quantitative estimate of drug-likeness (QED) is 0.484. The molecule has 27 heavy (non-hydrogen) atoms. The largest absolute Gasteiger partial charge is 0.506 e. The lowest BCUT2D eigenvalue weighted by molar-refractivity contribution is -0.141. The Kier molecular flexibility index (Phi) is 5.37. The zero-order valence-electron chi connectivity index (χ0n) is 16.4. The van der Waals surface area contributed by atoms with Crippen molar-refractivity contribution in [1.82, 2.24) is 4.98 Å². The third-order valence-electron chi connectivity index (χ3n) is 4.90. The number of pyridine rings is 1. The van der Waals surface area contributed by atoms with E-state index >= 15 is 0 Å². The molecule has 1 aromatic rings. The van der Waals surface area contributed by atoms with E-state index in [2.05, 4.69) is 9.98 Å². The van der Waals surface area contributed by atoms with Crippen LogP contribution in [0.2, 0.25) is 0 Å². The van der Waals surface area contributed by atoms with E-state index in [1.807, 2.05) is 0 Å². The van der Waals surface area contributed by atoms with Crippen molar-refractivity contribution in [2.24, 2.45) is 15.8 Å². The molecule has 1 aromatic heterocycles. The highest BCUT2D eigenvalue weighted by Crippen LogP contribution is 2.43. The number of nitrogens with zero attached hydrogens (tertiary/aromatic N) is 2. The van der Waals surface area contributed by atoms with E-state index in [0.717, 1.165) is 6.07 Å². The smallest absolute Gasteiger partial charge is 0.280 e. The van der Waals surface area contributed by atoms with Crippen LogP contribution in [0.5, 0.6) is 0 Å². The Morgan fingerprint density at radius 1 is 1.19 bits per heavy atom. The monoisotopic (exact) mass is 378 g/mol. The van der Waals surface area contributed by atoms with Crippen LogP contribution in [0.4, 0.5) is 8.78 Å². The van der Waals surface area contributed by atoms with Crippen LogP contribution in [0.3, 0.4) is 0 Å². The first-order valence-corrected chi connectivity index (χ1v) is 8.71. The highest BCUT2D eigenvalue weighted by molar-refractivity contribution is 6.41. The van der Waals surface area contributed by atoms with Crippen LogP contribution in [0.1, 0.15) is 58.0 Å². The third-order valence-corrected chi connectivity index (χ3v) is 4.90. The van der Waals surface area contributed by atoms with Crippen LogP contribution >= 0.6 is 0 Å². The number of aryl methyl sites for hydroxylation is 1. The van der Waals surface area contributed by atoms with Crippen LogP contribution in [0, 0.1) is 17.8 Å². The lowest BCUT2D eigenvalue weighted by Gasteiger charge is -2.40. The van der Waals surface area contributed by atoms with E-state index in [-0.39, 0.29) is 28.3 Å². The van der Waals surface area contributed by atoms with E-state index in [0.29, 0.717) is 6.54 Å². The van der Waals surface area contributed by atoms with Gasteiger partial charge >= 0.3 is 0 Å². The summed E-state index contributed by atoms with van der Waals surface area (Å²) in [7, 11) is 0. The van der Waals surface area contributed by atoms with Gasteiger partial charge in [-0.25, -0.2) is 8.78 Å². The summed E-state index contributed by atoms with van der Waals surface area (Å²) in [6.45, 7) is 9.91. The Hall–Kier alpha value is -2.44. The van der Waals surface area contributed by atoms with Gasteiger partial charge in [0.1, 0.15) is 11.5 Å². The van der Waals surface area contributed by atoms with E-state index in [9.17, 15) is 23.5 Å². The summed E-state index contributed by atoms with van der Waals surface area (Å²) in [6, 6.07) is 2.41. The first-order valence-electron chi connectivity index (χ1n) is 8.71. The SMILES string of the molecule is CCN=C1/C(=C(\O)c2ccc(C(F)F)nc2C)C(=O)C(C)(C)C(=O)C1(C)C. The Balaban J connectivity index is 2.80. The van der Waals surface area contributed by atoms with Crippen LogP contribution in [0.15, 0.2) is 22.7 Å². The molecule has 1 saturated carbocycles. The second kappa shape index (κ2) is 6.94. The number of hydrogen-bond donors (Lipinski definition) is 1. The summed E-state index contributed by atoms with van der Waals surface area (Å²) < 4.78 is 25.7. The summed E-state index contributed by atoms with van der Waals surface area (Å²) >= 11 is 0. The van der Waals surface area contributed by atoms with E-state index in [1.165, 1.54) is 26.8 Å². The zero-order chi connectivity index (χ0) is 20.7. The number of ketones is 2. The van der Waals surface area contributed by atoms with Crippen molar-refractivity contribution in [1.29, 1.82) is 0 Å². The molecule has 2 rings (SSSR count). The summed E-state index contributed by atoms with van der Waals surface area (Å²) in [6.07, 6.45) is -2.74. The van der Waals surface area contributed by atoms with Crippen molar-refractivity contribution in [3.8, 4) is 0 Å². The number of carbonyl (C=O) groups excluding carboxylic acids is 2. The van der Waals surface area contributed by atoms with Crippen molar-refractivity contribution in [3.05, 3.63) is 34.7 Å². The number of hydrogen-bond acceptors (Lipinski definition) is 5. The molecule has 0 amide bonds. The molecule has 7 heteroatoms. The van der Waals surface area contributed by atoms with Gasteiger partial charge in [0.2, 0.25) is 0 Å².